The molecule has 2 N–H and O–H groups in total. The number of carbonyl (C=O) groups excluding carboxylic acids is 1. The van der Waals surface area contributed by atoms with Gasteiger partial charge in [0, 0.05) is 17.4 Å². The predicted molar refractivity (Wildman–Crippen MR) is 67.0 cm³/mol. The van der Waals surface area contributed by atoms with Gasteiger partial charge in [-0.1, -0.05) is 28.1 Å². The van der Waals surface area contributed by atoms with Crippen molar-refractivity contribution in [3.05, 3.63) is 34.3 Å². The second-order valence-corrected chi connectivity index (χ2v) is 5.05. The molecule has 0 spiro atoms. The second kappa shape index (κ2) is 5.46. The van der Waals surface area contributed by atoms with E-state index in [2.05, 4.69) is 26.6 Å². The van der Waals surface area contributed by atoms with Gasteiger partial charge in [0.15, 0.2) is 0 Å². The first-order valence-corrected chi connectivity index (χ1v) is 6.25. The molecule has 0 saturated carbocycles. The Balaban J connectivity index is 1.73. The number of rotatable bonds is 4. The van der Waals surface area contributed by atoms with Crippen LogP contribution in [0.15, 0.2) is 28.7 Å². The molecule has 1 fully saturated rings. The minimum absolute atomic E-state index is 0.148. The quantitative estimate of drug-likeness (QED) is 0.882. The van der Waals surface area contributed by atoms with Crippen molar-refractivity contribution in [3.63, 3.8) is 0 Å². The lowest BCUT2D eigenvalue weighted by molar-refractivity contribution is -0.122. The van der Waals surface area contributed by atoms with E-state index in [1.807, 2.05) is 24.3 Å². The third-order valence-corrected chi connectivity index (χ3v) is 3.27. The molecule has 4 heteroatoms. The normalized spacial score (nSPS) is 15.6. The summed E-state index contributed by atoms with van der Waals surface area (Å²) in [7, 11) is 0. The van der Waals surface area contributed by atoms with E-state index in [9.17, 15) is 4.79 Å². The van der Waals surface area contributed by atoms with Crippen LogP contribution in [-0.4, -0.2) is 19.0 Å². The average molecular weight is 283 g/mol. The molecule has 1 heterocycles. The fraction of sp³-hybridized carbons (Fsp3) is 0.417. The molecule has 0 radical (unpaired) electrons. The molecule has 3 nitrogen and oxygen atoms in total. The van der Waals surface area contributed by atoms with E-state index in [-0.39, 0.29) is 5.91 Å². The lowest BCUT2D eigenvalue weighted by Gasteiger charge is -2.26. The van der Waals surface area contributed by atoms with E-state index >= 15 is 0 Å². The Morgan fingerprint density at radius 1 is 1.38 bits per heavy atom. The zero-order chi connectivity index (χ0) is 11.4. The molecule has 1 aliphatic rings. The maximum absolute atomic E-state index is 11.5. The highest BCUT2D eigenvalue weighted by Crippen LogP contribution is 2.11. The standard InChI is InChI=1S/C12H15BrN2O/c13-11-3-1-9(2-4-11)8-15-12(16)5-10-6-14-7-10/h1-4,10,14H,5-8H2,(H,15,16). The zero-order valence-electron chi connectivity index (χ0n) is 9.00. The van der Waals surface area contributed by atoms with Gasteiger partial charge in [-0.05, 0) is 36.7 Å². The van der Waals surface area contributed by atoms with Crippen molar-refractivity contribution in [2.75, 3.05) is 13.1 Å². The molecule has 86 valence electrons. The Morgan fingerprint density at radius 2 is 2.06 bits per heavy atom. The molecular formula is C12H15BrN2O. The summed E-state index contributed by atoms with van der Waals surface area (Å²) in [5.41, 5.74) is 1.13. The number of hydrogen-bond acceptors (Lipinski definition) is 2. The number of amides is 1. The van der Waals surface area contributed by atoms with Gasteiger partial charge in [-0.2, -0.15) is 0 Å². The predicted octanol–water partition coefficient (Wildman–Crippen LogP) is 1.67. The molecule has 1 aromatic carbocycles. The maximum atomic E-state index is 11.5. The van der Waals surface area contributed by atoms with Gasteiger partial charge in [-0.25, -0.2) is 0 Å². The summed E-state index contributed by atoms with van der Waals surface area (Å²) >= 11 is 3.38. The summed E-state index contributed by atoms with van der Waals surface area (Å²) < 4.78 is 1.06. The van der Waals surface area contributed by atoms with Crippen molar-refractivity contribution in [2.45, 2.75) is 13.0 Å². The summed E-state index contributed by atoms with van der Waals surface area (Å²) in [5, 5.41) is 6.10. The third kappa shape index (κ3) is 3.32. The van der Waals surface area contributed by atoms with E-state index in [1.54, 1.807) is 0 Å². The van der Waals surface area contributed by atoms with Gasteiger partial charge in [0.2, 0.25) is 5.91 Å². The highest BCUT2D eigenvalue weighted by Gasteiger charge is 2.19. The topological polar surface area (TPSA) is 41.1 Å². The molecule has 0 aromatic heterocycles. The highest BCUT2D eigenvalue weighted by atomic mass is 79.9. The van der Waals surface area contributed by atoms with Crippen LogP contribution in [-0.2, 0) is 11.3 Å². The third-order valence-electron chi connectivity index (χ3n) is 2.74. The molecule has 1 saturated heterocycles. The van der Waals surface area contributed by atoms with E-state index in [1.165, 1.54) is 0 Å². The monoisotopic (exact) mass is 282 g/mol. The van der Waals surface area contributed by atoms with Gasteiger partial charge in [0.25, 0.3) is 0 Å². The number of benzene rings is 1. The summed E-state index contributed by atoms with van der Waals surface area (Å²) in [4.78, 5) is 11.5. The minimum atomic E-state index is 0.148. The summed E-state index contributed by atoms with van der Waals surface area (Å²) in [5.74, 6) is 0.680. The van der Waals surface area contributed by atoms with Crippen LogP contribution in [0.5, 0.6) is 0 Å². The Hall–Kier alpha value is -0.870. The van der Waals surface area contributed by atoms with Crippen molar-refractivity contribution in [3.8, 4) is 0 Å². The van der Waals surface area contributed by atoms with Crippen molar-refractivity contribution >= 4 is 21.8 Å². The van der Waals surface area contributed by atoms with Gasteiger partial charge in [-0.15, -0.1) is 0 Å². The lowest BCUT2D eigenvalue weighted by atomic mass is 9.99. The van der Waals surface area contributed by atoms with E-state index in [0.717, 1.165) is 23.1 Å². The van der Waals surface area contributed by atoms with Crippen molar-refractivity contribution in [2.24, 2.45) is 5.92 Å². The smallest absolute Gasteiger partial charge is 0.220 e. The number of halogens is 1. The van der Waals surface area contributed by atoms with Crippen molar-refractivity contribution in [1.82, 2.24) is 10.6 Å². The van der Waals surface area contributed by atoms with Crippen molar-refractivity contribution < 1.29 is 4.79 Å². The summed E-state index contributed by atoms with van der Waals surface area (Å²) in [6.45, 7) is 2.57. The van der Waals surface area contributed by atoms with Crippen molar-refractivity contribution in [1.29, 1.82) is 0 Å². The molecular weight excluding hydrogens is 268 g/mol. The Bertz CT molecular complexity index is 360. The molecule has 0 atom stereocenters. The van der Waals surface area contributed by atoms with Crippen LogP contribution < -0.4 is 10.6 Å². The summed E-state index contributed by atoms with van der Waals surface area (Å²) in [6.07, 6.45) is 0.642. The first-order valence-electron chi connectivity index (χ1n) is 5.46. The van der Waals surface area contributed by atoms with Crippen LogP contribution in [0.25, 0.3) is 0 Å². The first-order chi connectivity index (χ1) is 7.74. The Labute approximate surface area is 104 Å². The van der Waals surface area contributed by atoms with Gasteiger partial charge < -0.3 is 10.6 Å². The van der Waals surface area contributed by atoms with Gasteiger partial charge in [-0.3, -0.25) is 4.79 Å². The SMILES string of the molecule is O=C(CC1CNC1)NCc1ccc(Br)cc1. The number of carbonyl (C=O) groups is 1. The molecule has 1 amide bonds. The average Bonchev–Trinajstić information content (AvgIpc) is 2.23. The molecule has 0 bridgehead atoms. The molecule has 16 heavy (non-hydrogen) atoms. The van der Waals surface area contributed by atoms with E-state index in [4.69, 9.17) is 0 Å². The Morgan fingerprint density at radius 3 is 2.62 bits per heavy atom. The molecule has 1 aromatic rings. The second-order valence-electron chi connectivity index (χ2n) is 4.13. The summed E-state index contributed by atoms with van der Waals surface area (Å²) in [6, 6.07) is 7.99. The largest absolute Gasteiger partial charge is 0.352 e. The van der Waals surface area contributed by atoms with Gasteiger partial charge >= 0.3 is 0 Å². The van der Waals surface area contributed by atoms with Gasteiger partial charge in [0.1, 0.15) is 0 Å². The number of hydrogen-bond donors (Lipinski definition) is 2. The molecule has 1 aliphatic heterocycles. The van der Waals surface area contributed by atoms with Crippen LogP contribution in [0, 0.1) is 5.92 Å². The zero-order valence-corrected chi connectivity index (χ0v) is 10.6. The molecule has 0 aliphatic carbocycles. The highest BCUT2D eigenvalue weighted by molar-refractivity contribution is 9.10. The molecule has 0 unspecified atom stereocenters. The minimum Gasteiger partial charge on any atom is -0.352 e. The van der Waals surface area contributed by atoms with E-state index < -0.39 is 0 Å². The first kappa shape index (κ1) is 11.6. The maximum Gasteiger partial charge on any atom is 0.220 e. The van der Waals surface area contributed by atoms with Crippen LogP contribution >= 0.6 is 15.9 Å². The fourth-order valence-electron chi connectivity index (χ4n) is 1.63. The van der Waals surface area contributed by atoms with Gasteiger partial charge in [0.05, 0.1) is 0 Å². The Kier molecular flexibility index (Phi) is 3.96. The van der Waals surface area contributed by atoms with Crippen LogP contribution in [0.2, 0.25) is 0 Å². The fourth-order valence-corrected chi connectivity index (χ4v) is 1.89. The van der Waals surface area contributed by atoms with Crippen LogP contribution in [0.4, 0.5) is 0 Å². The van der Waals surface area contributed by atoms with Crippen LogP contribution in [0.3, 0.4) is 0 Å². The van der Waals surface area contributed by atoms with E-state index in [0.29, 0.717) is 18.9 Å². The molecule has 2 rings (SSSR count). The lowest BCUT2D eigenvalue weighted by Crippen LogP contribution is -2.44. The van der Waals surface area contributed by atoms with Crippen LogP contribution in [0.1, 0.15) is 12.0 Å². The number of nitrogens with one attached hydrogen (secondary N) is 2.